The molecule has 0 atom stereocenters. The number of rotatable bonds is 5. The first-order valence-corrected chi connectivity index (χ1v) is 10.7. The number of benzene rings is 1. The van der Waals surface area contributed by atoms with Crippen molar-refractivity contribution in [3.05, 3.63) is 56.5 Å². The largest absolute Gasteiger partial charge is 0.459 e. The molecule has 1 aliphatic heterocycles. The summed E-state index contributed by atoms with van der Waals surface area (Å²) >= 11 is 6.01. The Hall–Kier alpha value is -2.43. The zero-order valence-corrected chi connectivity index (χ0v) is 17.4. The van der Waals surface area contributed by atoms with Crippen molar-refractivity contribution >= 4 is 33.2 Å². The highest BCUT2D eigenvalue weighted by Gasteiger charge is 2.32. The molecule has 0 unspecified atom stereocenters. The number of amides is 1. The van der Waals surface area contributed by atoms with Gasteiger partial charge < -0.3 is 9.73 Å². The van der Waals surface area contributed by atoms with Crippen LogP contribution in [0.5, 0.6) is 0 Å². The number of hydrogen-bond acceptors (Lipinski definition) is 6. The minimum atomic E-state index is -3.95. The molecule has 9 nitrogen and oxygen atoms in total. The van der Waals surface area contributed by atoms with Crippen molar-refractivity contribution in [3.63, 3.8) is 0 Å². The topological polar surface area (TPSA) is 123 Å². The van der Waals surface area contributed by atoms with Crippen LogP contribution in [0.25, 0.3) is 0 Å². The Morgan fingerprint density at radius 2 is 1.97 bits per heavy atom. The third-order valence-corrected chi connectivity index (χ3v) is 7.25. The Balaban J connectivity index is 1.71. The highest BCUT2D eigenvalue weighted by Crippen LogP contribution is 2.31. The Labute approximate surface area is 172 Å². The van der Waals surface area contributed by atoms with Gasteiger partial charge >= 0.3 is 0 Å². The lowest BCUT2D eigenvalue weighted by atomic mass is 10.1. The van der Waals surface area contributed by atoms with Crippen molar-refractivity contribution < 1.29 is 22.6 Å². The molecule has 0 radical (unpaired) electrons. The number of halogens is 1. The number of sulfonamides is 1. The lowest BCUT2D eigenvalue weighted by Crippen LogP contribution is -2.46. The number of carbonyl (C=O) groups is 1. The van der Waals surface area contributed by atoms with Gasteiger partial charge in [0.1, 0.15) is 0 Å². The van der Waals surface area contributed by atoms with Crippen LogP contribution in [0.3, 0.4) is 0 Å². The van der Waals surface area contributed by atoms with E-state index >= 15 is 0 Å². The maximum atomic E-state index is 12.9. The summed E-state index contributed by atoms with van der Waals surface area (Å²) in [6, 6.07) is 3.75. The fourth-order valence-electron chi connectivity index (χ4n) is 3.22. The van der Waals surface area contributed by atoms with E-state index in [0.29, 0.717) is 12.8 Å². The van der Waals surface area contributed by atoms with Gasteiger partial charge in [0.25, 0.3) is 11.6 Å². The summed E-state index contributed by atoms with van der Waals surface area (Å²) in [6.07, 6.45) is 2.25. The molecule has 1 aliphatic rings. The molecule has 2 aromatic rings. The third kappa shape index (κ3) is 4.29. The number of piperidine rings is 1. The van der Waals surface area contributed by atoms with E-state index in [9.17, 15) is 23.3 Å². The van der Waals surface area contributed by atoms with Crippen LogP contribution in [-0.4, -0.2) is 42.7 Å². The molecular weight excluding hydrogens is 422 g/mol. The van der Waals surface area contributed by atoms with Gasteiger partial charge in [-0.05, 0) is 38.8 Å². The normalized spacial score (nSPS) is 16.0. The van der Waals surface area contributed by atoms with Gasteiger partial charge in [-0.2, -0.15) is 4.31 Å². The minimum absolute atomic E-state index is 0.0220. The molecule has 0 bridgehead atoms. The van der Waals surface area contributed by atoms with E-state index in [1.54, 1.807) is 13.0 Å². The SMILES string of the molecule is Cc1ccoc1C(=O)NC1CCN(S(=O)(=O)c2cc(Cl)c(C)c([N+](=O)[O-])c2)CC1. The van der Waals surface area contributed by atoms with E-state index < -0.39 is 14.9 Å². The van der Waals surface area contributed by atoms with Crippen molar-refractivity contribution in [2.24, 2.45) is 0 Å². The van der Waals surface area contributed by atoms with E-state index in [1.165, 1.54) is 23.6 Å². The van der Waals surface area contributed by atoms with E-state index in [2.05, 4.69) is 5.32 Å². The summed E-state index contributed by atoms with van der Waals surface area (Å²) in [5.74, 6) is -0.101. The lowest BCUT2D eigenvalue weighted by molar-refractivity contribution is -0.385. The van der Waals surface area contributed by atoms with E-state index in [0.717, 1.165) is 11.6 Å². The molecule has 2 heterocycles. The molecule has 1 fully saturated rings. The van der Waals surface area contributed by atoms with Gasteiger partial charge in [0.05, 0.1) is 21.1 Å². The monoisotopic (exact) mass is 441 g/mol. The standard InChI is InChI=1S/C18H20ClN3O6S/c1-11-5-8-28-17(11)18(23)20-13-3-6-21(7-4-13)29(26,27)14-9-15(19)12(2)16(10-14)22(24)25/h5,8-10,13H,3-4,6-7H2,1-2H3,(H,20,23). The van der Waals surface area contributed by atoms with Crippen molar-refractivity contribution in [3.8, 4) is 0 Å². The average Bonchev–Trinajstić information content (AvgIpc) is 3.10. The lowest BCUT2D eigenvalue weighted by Gasteiger charge is -2.31. The third-order valence-electron chi connectivity index (χ3n) is 4.98. The highest BCUT2D eigenvalue weighted by molar-refractivity contribution is 7.89. The van der Waals surface area contributed by atoms with Gasteiger partial charge in [-0.3, -0.25) is 14.9 Å². The van der Waals surface area contributed by atoms with Crippen LogP contribution in [0.1, 0.15) is 34.5 Å². The second-order valence-corrected chi connectivity index (χ2v) is 9.24. The Morgan fingerprint density at radius 1 is 1.31 bits per heavy atom. The second kappa shape index (κ2) is 8.13. The number of nitro benzene ring substituents is 1. The van der Waals surface area contributed by atoms with Gasteiger partial charge in [0.2, 0.25) is 10.0 Å². The average molecular weight is 442 g/mol. The Kier molecular flexibility index (Phi) is 5.97. The van der Waals surface area contributed by atoms with Crippen LogP contribution < -0.4 is 5.32 Å². The van der Waals surface area contributed by atoms with Crippen LogP contribution in [0.4, 0.5) is 5.69 Å². The fourth-order valence-corrected chi connectivity index (χ4v) is 5.02. The summed E-state index contributed by atoms with van der Waals surface area (Å²) in [7, 11) is -3.95. The molecule has 1 aromatic carbocycles. The Bertz CT molecular complexity index is 1060. The van der Waals surface area contributed by atoms with Gasteiger partial charge in [0, 0.05) is 36.3 Å². The number of furan rings is 1. The van der Waals surface area contributed by atoms with Crippen molar-refractivity contribution in [2.75, 3.05) is 13.1 Å². The molecule has 1 aromatic heterocycles. The fraction of sp³-hybridized carbons (Fsp3) is 0.389. The number of nitrogens with zero attached hydrogens (tertiary/aromatic N) is 2. The maximum absolute atomic E-state index is 12.9. The van der Waals surface area contributed by atoms with Crippen molar-refractivity contribution in [1.29, 1.82) is 0 Å². The number of hydrogen-bond donors (Lipinski definition) is 1. The van der Waals surface area contributed by atoms with Crippen LogP contribution in [0.15, 0.2) is 33.8 Å². The molecule has 156 valence electrons. The maximum Gasteiger partial charge on any atom is 0.287 e. The summed E-state index contributed by atoms with van der Waals surface area (Å²) in [6.45, 7) is 3.57. The number of nitrogens with one attached hydrogen (secondary N) is 1. The van der Waals surface area contributed by atoms with Crippen molar-refractivity contribution in [2.45, 2.75) is 37.6 Å². The first kappa shape index (κ1) is 21.3. The van der Waals surface area contributed by atoms with Gasteiger partial charge in [-0.25, -0.2) is 8.42 Å². The molecule has 11 heteroatoms. The molecule has 1 saturated heterocycles. The summed E-state index contributed by atoms with van der Waals surface area (Å²) in [4.78, 5) is 22.6. The summed E-state index contributed by atoms with van der Waals surface area (Å²) in [5.41, 5.74) is 0.595. The van der Waals surface area contributed by atoms with Gasteiger partial charge in [0.15, 0.2) is 5.76 Å². The first-order chi connectivity index (χ1) is 13.6. The van der Waals surface area contributed by atoms with Crippen molar-refractivity contribution in [1.82, 2.24) is 9.62 Å². The number of carbonyl (C=O) groups excluding carboxylic acids is 1. The zero-order valence-electron chi connectivity index (χ0n) is 15.8. The molecule has 0 aliphatic carbocycles. The molecule has 3 rings (SSSR count). The molecule has 0 saturated carbocycles. The predicted octanol–water partition coefficient (Wildman–Crippen LogP) is 3.04. The first-order valence-electron chi connectivity index (χ1n) is 8.91. The minimum Gasteiger partial charge on any atom is -0.459 e. The molecule has 0 spiro atoms. The second-order valence-electron chi connectivity index (χ2n) is 6.89. The van der Waals surface area contributed by atoms with Crippen LogP contribution in [-0.2, 0) is 10.0 Å². The number of aryl methyl sites for hydroxylation is 1. The van der Waals surface area contributed by atoms with Crippen LogP contribution >= 0.6 is 11.6 Å². The summed E-state index contributed by atoms with van der Waals surface area (Å²) < 4.78 is 32.3. The molecule has 29 heavy (non-hydrogen) atoms. The molecule has 1 amide bonds. The van der Waals surface area contributed by atoms with E-state index in [1.807, 2.05) is 0 Å². The molecular formula is C18H20ClN3O6S. The van der Waals surface area contributed by atoms with E-state index in [-0.39, 0.29) is 52.0 Å². The predicted molar refractivity (Wildman–Crippen MR) is 106 cm³/mol. The Morgan fingerprint density at radius 3 is 2.52 bits per heavy atom. The van der Waals surface area contributed by atoms with Gasteiger partial charge in [-0.15, -0.1) is 0 Å². The zero-order chi connectivity index (χ0) is 21.3. The highest BCUT2D eigenvalue weighted by atomic mass is 35.5. The van der Waals surface area contributed by atoms with Gasteiger partial charge in [-0.1, -0.05) is 11.6 Å². The number of nitro groups is 1. The van der Waals surface area contributed by atoms with Crippen LogP contribution in [0.2, 0.25) is 5.02 Å². The van der Waals surface area contributed by atoms with E-state index in [4.69, 9.17) is 16.0 Å². The molecule has 1 N–H and O–H groups in total. The smallest absolute Gasteiger partial charge is 0.287 e. The summed E-state index contributed by atoms with van der Waals surface area (Å²) in [5, 5.41) is 14.1. The quantitative estimate of drug-likeness (QED) is 0.562. The van der Waals surface area contributed by atoms with Crippen LogP contribution in [0, 0.1) is 24.0 Å².